The number of nitrogens with zero attached hydrogens (tertiary/aromatic N) is 1. The van der Waals surface area contributed by atoms with Crippen LogP contribution in [0.2, 0.25) is 0 Å². The first-order valence-electron chi connectivity index (χ1n) is 13.0. The molecule has 0 radical (unpaired) electrons. The van der Waals surface area contributed by atoms with Gasteiger partial charge in [0.2, 0.25) is 0 Å². The maximum absolute atomic E-state index is 13.5. The number of aliphatic hydroxyl groups is 1. The van der Waals surface area contributed by atoms with Crippen LogP contribution in [0, 0.1) is 5.92 Å². The topological polar surface area (TPSA) is 134 Å². The van der Waals surface area contributed by atoms with Crippen molar-refractivity contribution in [2.45, 2.75) is 102 Å². The Hall–Kier alpha value is -3.07. The molecule has 0 saturated heterocycles. The molecule has 0 aromatic heterocycles. The highest BCUT2D eigenvalue weighted by Gasteiger charge is 2.61. The van der Waals surface area contributed by atoms with E-state index in [1.807, 2.05) is 0 Å². The number of fused-ring (bicyclic) bond motifs is 2. The molecule has 1 aliphatic carbocycles. The summed E-state index contributed by atoms with van der Waals surface area (Å²) >= 11 is 0. The van der Waals surface area contributed by atoms with Crippen molar-refractivity contribution in [3.8, 4) is 11.5 Å². The zero-order valence-corrected chi connectivity index (χ0v) is 21.7. The second kappa shape index (κ2) is 8.75. The van der Waals surface area contributed by atoms with Crippen molar-refractivity contribution >= 4 is 17.8 Å². The van der Waals surface area contributed by atoms with Crippen molar-refractivity contribution in [2.24, 2.45) is 5.92 Å². The maximum Gasteiger partial charge on any atom is 0.326 e. The smallest absolute Gasteiger partial charge is 0.326 e. The fourth-order valence-electron chi connectivity index (χ4n) is 6.84. The molecule has 37 heavy (non-hydrogen) atoms. The van der Waals surface area contributed by atoms with E-state index in [1.54, 1.807) is 13.0 Å². The number of carboxylic acid groups (broad SMARTS) is 2. The molecular formula is C28H35NO8. The number of carbonyl (C=O) groups is 3. The molecule has 9 nitrogen and oxygen atoms in total. The van der Waals surface area contributed by atoms with Crippen molar-refractivity contribution in [3.63, 3.8) is 0 Å². The van der Waals surface area contributed by atoms with Crippen molar-refractivity contribution in [3.05, 3.63) is 34.4 Å². The number of rotatable bonds is 8. The first kappa shape index (κ1) is 25.6. The molecule has 0 unspecified atom stereocenters. The highest BCUT2D eigenvalue weighted by molar-refractivity contribution is 6.02. The number of amides is 1. The molecule has 200 valence electrons. The molecule has 3 N–H and O–H groups in total. The number of carbonyl (C=O) groups excluding carboxylic acids is 1. The van der Waals surface area contributed by atoms with E-state index >= 15 is 0 Å². The van der Waals surface area contributed by atoms with Gasteiger partial charge < -0.3 is 29.7 Å². The van der Waals surface area contributed by atoms with Gasteiger partial charge >= 0.3 is 11.9 Å². The van der Waals surface area contributed by atoms with Crippen LogP contribution in [0.5, 0.6) is 11.5 Å². The van der Waals surface area contributed by atoms with Crippen LogP contribution in [0.1, 0.15) is 93.6 Å². The first-order valence-corrected chi connectivity index (χ1v) is 13.0. The molecule has 1 amide bonds. The minimum Gasteiger partial charge on any atom is -0.487 e. The van der Waals surface area contributed by atoms with Crippen LogP contribution in [0.25, 0.3) is 0 Å². The Morgan fingerprint density at radius 3 is 2.65 bits per heavy atom. The van der Waals surface area contributed by atoms with Gasteiger partial charge in [-0.2, -0.15) is 0 Å². The van der Waals surface area contributed by atoms with Gasteiger partial charge in [0.05, 0.1) is 17.7 Å². The molecule has 1 aromatic carbocycles. The predicted molar refractivity (Wildman–Crippen MR) is 133 cm³/mol. The molecule has 1 aromatic rings. The fourth-order valence-corrected chi connectivity index (χ4v) is 6.84. The van der Waals surface area contributed by atoms with E-state index in [2.05, 4.69) is 26.8 Å². The summed E-state index contributed by atoms with van der Waals surface area (Å²) in [5, 5.41) is 30.2. The summed E-state index contributed by atoms with van der Waals surface area (Å²) in [6.07, 6.45) is 4.09. The highest BCUT2D eigenvalue weighted by atomic mass is 16.5. The molecule has 9 heteroatoms. The Morgan fingerprint density at radius 2 is 2.00 bits per heavy atom. The van der Waals surface area contributed by atoms with Crippen LogP contribution in [0.15, 0.2) is 17.7 Å². The molecule has 3 heterocycles. The van der Waals surface area contributed by atoms with Gasteiger partial charge in [-0.1, -0.05) is 11.6 Å². The Morgan fingerprint density at radius 1 is 1.27 bits per heavy atom. The minimum atomic E-state index is -1.27. The molecule has 1 saturated carbocycles. The molecule has 0 spiro atoms. The van der Waals surface area contributed by atoms with Crippen LogP contribution in [-0.2, 0) is 16.1 Å². The first-order chi connectivity index (χ1) is 17.3. The van der Waals surface area contributed by atoms with Gasteiger partial charge in [0, 0.05) is 29.4 Å². The monoisotopic (exact) mass is 513 g/mol. The normalized spacial score (nSPS) is 31.6. The lowest BCUT2D eigenvalue weighted by molar-refractivity contribution is -0.143. The van der Waals surface area contributed by atoms with Crippen LogP contribution >= 0.6 is 0 Å². The van der Waals surface area contributed by atoms with Gasteiger partial charge in [-0.05, 0) is 65.9 Å². The number of hydrogen-bond acceptors (Lipinski definition) is 6. The van der Waals surface area contributed by atoms with Gasteiger partial charge in [0.15, 0.2) is 0 Å². The number of allylic oxidation sites excluding steroid dienone is 2. The molecule has 0 bridgehead atoms. The lowest BCUT2D eigenvalue weighted by Crippen LogP contribution is -2.57. The Balaban J connectivity index is 1.57. The fraction of sp³-hybridized carbons (Fsp3) is 0.607. The van der Waals surface area contributed by atoms with Gasteiger partial charge in [-0.25, -0.2) is 4.79 Å². The Bertz CT molecular complexity index is 1200. The lowest BCUT2D eigenvalue weighted by atomic mass is 9.61. The van der Waals surface area contributed by atoms with Crippen LogP contribution < -0.4 is 9.47 Å². The van der Waals surface area contributed by atoms with E-state index in [1.165, 1.54) is 10.5 Å². The zero-order chi connectivity index (χ0) is 26.9. The number of ether oxygens (including phenoxy) is 2. The number of carboxylic acids is 2. The highest BCUT2D eigenvalue weighted by Crippen LogP contribution is 2.63. The summed E-state index contributed by atoms with van der Waals surface area (Å²) in [4.78, 5) is 37.8. The standard InChI is InChI=1S/C28H35NO8/c1-14(2)6-5-10-28(4)17-9-11-27(3,35)24-21(17)22-19(37-28)12-15-16(23(22)36-24)13-29(25(15)32)18(26(33)34)7-8-20(30)31/h6,12,17-18,21,24,35H,5,7-11,13H2,1-4H3,(H,30,31)(H,33,34)/t17-,18-,21-,24+,27+,28+/m0/s1. The predicted octanol–water partition coefficient (Wildman–Crippen LogP) is 3.86. The Labute approximate surface area is 216 Å². The average molecular weight is 514 g/mol. The molecule has 4 aliphatic rings. The van der Waals surface area contributed by atoms with Crippen molar-refractivity contribution in [2.75, 3.05) is 0 Å². The Kier molecular flexibility index (Phi) is 6.05. The van der Waals surface area contributed by atoms with E-state index in [9.17, 15) is 24.6 Å². The van der Waals surface area contributed by atoms with Gasteiger partial charge in [0.25, 0.3) is 5.91 Å². The second-order valence-corrected chi connectivity index (χ2v) is 11.7. The third kappa shape index (κ3) is 4.07. The maximum atomic E-state index is 13.5. The van der Waals surface area contributed by atoms with E-state index in [0.717, 1.165) is 24.8 Å². The second-order valence-electron chi connectivity index (χ2n) is 11.7. The van der Waals surface area contributed by atoms with Crippen molar-refractivity contribution in [1.82, 2.24) is 4.90 Å². The molecule has 1 fully saturated rings. The summed E-state index contributed by atoms with van der Waals surface area (Å²) in [5.74, 6) is -1.76. The number of benzene rings is 1. The number of hydrogen-bond donors (Lipinski definition) is 3. The quantitative estimate of drug-likeness (QED) is 0.446. The molecule has 5 rings (SSSR count). The third-order valence-electron chi connectivity index (χ3n) is 8.73. The van der Waals surface area contributed by atoms with E-state index in [-0.39, 0.29) is 31.2 Å². The number of aliphatic carboxylic acids is 2. The van der Waals surface area contributed by atoms with E-state index in [0.29, 0.717) is 29.0 Å². The summed E-state index contributed by atoms with van der Waals surface area (Å²) in [6, 6.07) is 0.437. The zero-order valence-electron chi connectivity index (χ0n) is 21.7. The van der Waals surface area contributed by atoms with Crippen molar-refractivity contribution < 1.29 is 39.2 Å². The van der Waals surface area contributed by atoms with Crippen LogP contribution in [-0.4, -0.2) is 61.4 Å². The molecular weight excluding hydrogens is 478 g/mol. The SMILES string of the molecule is CC(C)=CCC[C@@]1(C)Oc2cc3c(c4c2[C@H]2[C@@H](O4)[C@](C)(O)CC[C@@H]21)CN([C@@H](CCC(=O)O)C(=O)O)C3=O. The minimum absolute atomic E-state index is 0.0114. The van der Waals surface area contributed by atoms with Crippen LogP contribution in [0.3, 0.4) is 0 Å². The third-order valence-corrected chi connectivity index (χ3v) is 8.73. The molecule has 6 atom stereocenters. The van der Waals surface area contributed by atoms with Gasteiger partial charge in [-0.3, -0.25) is 9.59 Å². The average Bonchev–Trinajstić information content (AvgIpc) is 3.34. The summed E-state index contributed by atoms with van der Waals surface area (Å²) in [7, 11) is 0. The van der Waals surface area contributed by atoms with Gasteiger partial charge in [-0.15, -0.1) is 0 Å². The summed E-state index contributed by atoms with van der Waals surface area (Å²) in [5.41, 5.74) is 1.42. The van der Waals surface area contributed by atoms with Crippen LogP contribution in [0.4, 0.5) is 0 Å². The van der Waals surface area contributed by atoms with E-state index < -0.39 is 41.2 Å². The van der Waals surface area contributed by atoms with Crippen molar-refractivity contribution in [1.29, 1.82) is 0 Å². The van der Waals surface area contributed by atoms with E-state index in [4.69, 9.17) is 14.6 Å². The summed E-state index contributed by atoms with van der Waals surface area (Å²) < 4.78 is 13.2. The largest absolute Gasteiger partial charge is 0.487 e. The van der Waals surface area contributed by atoms with Gasteiger partial charge in [0.1, 0.15) is 29.2 Å². The summed E-state index contributed by atoms with van der Waals surface area (Å²) in [6.45, 7) is 8.02. The molecule has 3 aliphatic heterocycles. The lowest BCUT2D eigenvalue weighted by Gasteiger charge is -2.51.